The van der Waals surface area contributed by atoms with E-state index in [1.165, 1.54) is 7.11 Å². The first-order valence-electron chi connectivity index (χ1n) is 9.01. The molecule has 1 heterocycles. The predicted octanol–water partition coefficient (Wildman–Crippen LogP) is 3.63. The SMILES string of the molecule is CCc1cccc(CC)c1NC(=O)c1c(OCC(=O)OC)cc(C)nc1C. The van der Waals surface area contributed by atoms with Crippen LogP contribution in [0.15, 0.2) is 24.3 Å². The molecule has 1 aromatic carbocycles. The second kappa shape index (κ2) is 9.16. The van der Waals surface area contributed by atoms with Crippen LogP contribution < -0.4 is 10.1 Å². The molecule has 144 valence electrons. The summed E-state index contributed by atoms with van der Waals surface area (Å²) in [4.78, 5) is 28.9. The van der Waals surface area contributed by atoms with Crippen molar-refractivity contribution in [3.05, 3.63) is 52.3 Å². The molecule has 1 amide bonds. The van der Waals surface area contributed by atoms with Crippen molar-refractivity contribution in [1.82, 2.24) is 4.98 Å². The van der Waals surface area contributed by atoms with Gasteiger partial charge in [0.15, 0.2) is 6.61 Å². The zero-order valence-corrected chi connectivity index (χ0v) is 16.5. The van der Waals surface area contributed by atoms with Gasteiger partial charge in [0.2, 0.25) is 0 Å². The maximum Gasteiger partial charge on any atom is 0.343 e. The van der Waals surface area contributed by atoms with Crippen molar-refractivity contribution in [3.63, 3.8) is 0 Å². The van der Waals surface area contributed by atoms with E-state index in [2.05, 4.69) is 15.0 Å². The fourth-order valence-electron chi connectivity index (χ4n) is 2.96. The average molecular weight is 370 g/mol. The van der Waals surface area contributed by atoms with Gasteiger partial charge < -0.3 is 14.8 Å². The number of benzene rings is 1. The zero-order chi connectivity index (χ0) is 20.0. The van der Waals surface area contributed by atoms with Crippen LogP contribution >= 0.6 is 0 Å². The number of para-hydroxylation sites is 1. The number of rotatable bonds is 7. The summed E-state index contributed by atoms with van der Waals surface area (Å²) in [5, 5.41) is 3.02. The van der Waals surface area contributed by atoms with Crippen LogP contribution in [0.4, 0.5) is 5.69 Å². The Kier molecular flexibility index (Phi) is 6.93. The van der Waals surface area contributed by atoms with E-state index in [1.807, 2.05) is 32.0 Å². The van der Waals surface area contributed by atoms with Crippen LogP contribution in [0.5, 0.6) is 5.75 Å². The van der Waals surface area contributed by atoms with Crippen LogP contribution in [0.3, 0.4) is 0 Å². The molecule has 0 unspecified atom stereocenters. The molecule has 6 nitrogen and oxygen atoms in total. The quantitative estimate of drug-likeness (QED) is 0.753. The Labute approximate surface area is 159 Å². The Morgan fingerprint density at radius 3 is 2.30 bits per heavy atom. The Hall–Kier alpha value is -2.89. The van der Waals surface area contributed by atoms with E-state index in [0.29, 0.717) is 22.7 Å². The van der Waals surface area contributed by atoms with Crippen LogP contribution in [0.25, 0.3) is 0 Å². The largest absolute Gasteiger partial charge is 0.481 e. The number of hydrogen-bond acceptors (Lipinski definition) is 5. The first-order valence-corrected chi connectivity index (χ1v) is 9.01. The fraction of sp³-hybridized carbons (Fsp3) is 0.381. The molecule has 0 aliphatic rings. The topological polar surface area (TPSA) is 77.5 Å². The Morgan fingerprint density at radius 2 is 1.74 bits per heavy atom. The molecule has 0 saturated carbocycles. The molecule has 0 saturated heterocycles. The van der Waals surface area contributed by atoms with Gasteiger partial charge in [-0.05, 0) is 37.8 Å². The number of carbonyl (C=O) groups excluding carboxylic acids is 2. The summed E-state index contributed by atoms with van der Waals surface area (Å²) >= 11 is 0. The van der Waals surface area contributed by atoms with Gasteiger partial charge in [-0.25, -0.2) is 4.79 Å². The van der Waals surface area contributed by atoms with Crippen LogP contribution in [-0.4, -0.2) is 30.6 Å². The third-order valence-corrected chi connectivity index (χ3v) is 4.33. The number of anilines is 1. The first-order chi connectivity index (χ1) is 12.9. The van der Waals surface area contributed by atoms with Crippen LogP contribution in [0.2, 0.25) is 0 Å². The third-order valence-electron chi connectivity index (χ3n) is 4.33. The van der Waals surface area contributed by atoms with Gasteiger partial charge in [0.1, 0.15) is 11.3 Å². The monoisotopic (exact) mass is 370 g/mol. The number of methoxy groups -OCH3 is 1. The molecule has 0 fully saturated rings. The van der Waals surface area contributed by atoms with Crippen LogP contribution in [0.1, 0.15) is 46.7 Å². The Balaban J connectivity index is 2.40. The predicted molar refractivity (Wildman–Crippen MR) is 104 cm³/mol. The highest BCUT2D eigenvalue weighted by Crippen LogP contribution is 2.27. The number of pyridine rings is 1. The number of carbonyl (C=O) groups is 2. The van der Waals surface area contributed by atoms with Crippen molar-refractivity contribution < 1.29 is 19.1 Å². The van der Waals surface area contributed by atoms with Crippen molar-refractivity contribution in [2.45, 2.75) is 40.5 Å². The average Bonchev–Trinajstić information content (AvgIpc) is 2.65. The van der Waals surface area contributed by atoms with Gasteiger partial charge in [0.25, 0.3) is 5.91 Å². The molecule has 0 spiro atoms. The summed E-state index contributed by atoms with van der Waals surface area (Å²) in [6.45, 7) is 7.38. The number of esters is 1. The molecule has 0 aliphatic heterocycles. The number of hydrogen-bond donors (Lipinski definition) is 1. The van der Waals surface area contributed by atoms with Gasteiger partial charge in [0.05, 0.1) is 12.8 Å². The lowest BCUT2D eigenvalue weighted by molar-refractivity contribution is -0.142. The zero-order valence-electron chi connectivity index (χ0n) is 16.5. The van der Waals surface area contributed by atoms with Gasteiger partial charge in [-0.2, -0.15) is 0 Å². The lowest BCUT2D eigenvalue weighted by Crippen LogP contribution is -2.20. The van der Waals surface area contributed by atoms with Gasteiger partial charge in [-0.1, -0.05) is 32.0 Å². The summed E-state index contributed by atoms with van der Waals surface area (Å²) in [5.41, 5.74) is 4.52. The number of nitrogens with one attached hydrogen (secondary N) is 1. The van der Waals surface area contributed by atoms with Gasteiger partial charge >= 0.3 is 5.97 Å². The van der Waals surface area contributed by atoms with E-state index in [9.17, 15) is 9.59 Å². The highest BCUT2D eigenvalue weighted by Gasteiger charge is 2.20. The first kappa shape index (κ1) is 20.4. The number of amides is 1. The third kappa shape index (κ3) is 4.84. The van der Waals surface area contributed by atoms with Crippen molar-refractivity contribution in [1.29, 1.82) is 0 Å². The minimum atomic E-state index is -0.516. The van der Waals surface area contributed by atoms with Gasteiger partial charge in [0, 0.05) is 17.4 Å². The summed E-state index contributed by atoms with van der Waals surface area (Å²) in [6, 6.07) is 7.65. The molecule has 6 heteroatoms. The minimum Gasteiger partial charge on any atom is -0.481 e. The van der Waals surface area contributed by atoms with Gasteiger partial charge in [-0.15, -0.1) is 0 Å². The highest BCUT2D eigenvalue weighted by molar-refractivity contribution is 6.07. The Bertz CT molecular complexity index is 824. The lowest BCUT2D eigenvalue weighted by Gasteiger charge is -2.17. The van der Waals surface area contributed by atoms with E-state index in [4.69, 9.17) is 4.74 Å². The summed E-state index contributed by atoms with van der Waals surface area (Å²) in [6.07, 6.45) is 1.61. The number of nitrogens with zero attached hydrogens (tertiary/aromatic N) is 1. The molecule has 1 aromatic heterocycles. The lowest BCUT2D eigenvalue weighted by atomic mass is 10.0. The summed E-state index contributed by atoms with van der Waals surface area (Å²) in [5.74, 6) is -0.511. The van der Waals surface area contributed by atoms with Crippen LogP contribution in [0, 0.1) is 13.8 Å². The molecular weight excluding hydrogens is 344 g/mol. The normalized spacial score (nSPS) is 10.4. The number of aromatic nitrogens is 1. The standard InChI is InChI=1S/C21H26N2O4/c1-6-15-9-8-10-16(7-2)20(15)23-21(25)19-14(4)22-13(3)11-17(19)27-12-18(24)26-5/h8-11H,6-7,12H2,1-5H3,(H,23,25). The van der Waals surface area contributed by atoms with Crippen molar-refractivity contribution in [2.24, 2.45) is 0 Å². The second-order valence-corrected chi connectivity index (χ2v) is 6.20. The van der Waals surface area contributed by atoms with Crippen LogP contribution in [-0.2, 0) is 22.4 Å². The molecule has 0 atom stereocenters. The smallest absolute Gasteiger partial charge is 0.343 e. The van der Waals surface area contributed by atoms with E-state index in [0.717, 1.165) is 29.7 Å². The van der Waals surface area contributed by atoms with E-state index < -0.39 is 5.97 Å². The molecule has 0 aliphatic carbocycles. The maximum absolute atomic E-state index is 13.1. The van der Waals surface area contributed by atoms with E-state index in [-0.39, 0.29) is 12.5 Å². The fourth-order valence-corrected chi connectivity index (χ4v) is 2.96. The molecule has 27 heavy (non-hydrogen) atoms. The summed E-state index contributed by atoms with van der Waals surface area (Å²) < 4.78 is 10.2. The second-order valence-electron chi connectivity index (χ2n) is 6.20. The van der Waals surface area contributed by atoms with Gasteiger partial charge in [-0.3, -0.25) is 9.78 Å². The molecule has 2 rings (SSSR count). The molecule has 1 N–H and O–H groups in total. The Morgan fingerprint density at radius 1 is 1.11 bits per heavy atom. The highest BCUT2D eigenvalue weighted by atomic mass is 16.6. The molecule has 0 bridgehead atoms. The van der Waals surface area contributed by atoms with Crippen molar-refractivity contribution in [2.75, 3.05) is 19.0 Å². The minimum absolute atomic E-state index is 0.272. The molecule has 2 aromatic rings. The summed E-state index contributed by atoms with van der Waals surface area (Å²) in [7, 11) is 1.29. The molecular formula is C21H26N2O4. The van der Waals surface area contributed by atoms with E-state index >= 15 is 0 Å². The molecule has 0 radical (unpaired) electrons. The van der Waals surface area contributed by atoms with Crippen molar-refractivity contribution in [3.8, 4) is 5.75 Å². The number of ether oxygens (including phenoxy) is 2. The number of aryl methyl sites for hydroxylation is 4. The van der Waals surface area contributed by atoms with Crippen molar-refractivity contribution >= 4 is 17.6 Å². The van der Waals surface area contributed by atoms with E-state index in [1.54, 1.807) is 19.9 Å². The maximum atomic E-state index is 13.1.